The highest BCUT2D eigenvalue weighted by molar-refractivity contribution is 9.08. The molecule has 0 radical (unpaired) electrons. The summed E-state index contributed by atoms with van der Waals surface area (Å²) in [7, 11) is 0. The van der Waals surface area contributed by atoms with Crippen molar-refractivity contribution in [2.75, 3.05) is 0 Å². The van der Waals surface area contributed by atoms with E-state index in [0.717, 1.165) is 33.4 Å². The van der Waals surface area contributed by atoms with E-state index in [1.165, 1.54) is 0 Å². The number of rotatable bonds is 4. The smallest absolute Gasteiger partial charge is 0.123 e. The van der Waals surface area contributed by atoms with Gasteiger partial charge in [-0.1, -0.05) is 74.2 Å². The van der Waals surface area contributed by atoms with Gasteiger partial charge in [-0.2, -0.15) is 0 Å². The molecule has 2 N–H and O–H groups in total. The number of hydrogen-bond donors (Lipinski definition) is 2. The molecule has 118 valence electrons. The highest BCUT2D eigenvalue weighted by atomic mass is 79.9. The molecule has 0 aromatic heterocycles. The lowest BCUT2D eigenvalue weighted by molar-refractivity contribution is 0.452. The standard InChI is InChI=1S/C18H20Br2O2/c1-10-4-13(8-19)17(21)15(6-10)12(3)16-7-11(2)5-14(9-20)18(16)22/h4-7,12,21-22H,8-9H2,1-3H3. The largest absolute Gasteiger partial charge is 0.507 e. The number of phenols is 2. The molecule has 0 unspecified atom stereocenters. The zero-order chi connectivity index (χ0) is 16.4. The Labute approximate surface area is 148 Å². The van der Waals surface area contributed by atoms with Gasteiger partial charge in [-0.25, -0.2) is 0 Å². The molecule has 0 saturated carbocycles. The molecule has 4 heteroatoms. The van der Waals surface area contributed by atoms with Crippen molar-refractivity contribution < 1.29 is 10.2 Å². The molecule has 22 heavy (non-hydrogen) atoms. The molecule has 2 aromatic carbocycles. The monoisotopic (exact) mass is 426 g/mol. The van der Waals surface area contributed by atoms with Gasteiger partial charge >= 0.3 is 0 Å². The lowest BCUT2D eigenvalue weighted by Crippen LogP contribution is -2.01. The molecular formula is C18H20Br2O2. The summed E-state index contributed by atoms with van der Waals surface area (Å²) in [6.45, 7) is 6.04. The Kier molecular flexibility index (Phi) is 5.56. The normalized spacial score (nSPS) is 11.2. The summed E-state index contributed by atoms with van der Waals surface area (Å²) in [6.07, 6.45) is 0. The van der Waals surface area contributed by atoms with Crippen LogP contribution in [0, 0.1) is 13.8 Å². The van der Waals surface area contributed by atoms with Crippen molar-refractivity contribution in [3.8, 4) is 11.5 Å². The fraction of sp³-hybridized carbons (Fsp3) is 0.333. The van der Waals surface area contributed by atoms with Crippen LogP contribution in [0.15, 0.2) is 24.3 Å². The van der Waals surface area contributed by atoms with Gasteiger partial charge in [0.1, 0.15) is 11.5 Å². The highest BCUT2D eigenvalue weighted by Gasteiger charge is 2.20. The Morgan fingerprint density at radius 3 is 1.50 bits per heavy atom. The van der Waals surface area contributed by atoms with Crippen molar-refractivity contribution in [3.63, 3.8) is 0 Å². The van der Waals surface area contributed by atoms with Crippen molar-refractivity contribution in [2.45, 2.75) is 37.3 Å². The summed E-state index contributed by atoms with van der Waals surface area (Å²) in [4.78, 5) is 0. The van der Waals surface area contributed by atoms with Gasteiger partial charge in [0.05, 0.1) is 0 Å². The van der Waals surface area contributed by atoms with Crippen LogP contribution in [0.3, 0.4) is 0 Å². The molecule has 0 spiro atoms. The fourth-order valence-corrected chi connectivity index (χ4v) is 3.65. The van der Waals surface area contributed by atoms with Gasteiger partial charge in [0.15, 0.2) is 0 Å². The number of aromatic hydroxyl groups is 2. The van der Waals surface area contributed by atoms with Crippen molar-refractivity contribution in [3.05, 3.63) is 57.6 Å². The quantitative estimate of drug-likeness (QED) is 0.618. The van der Waals surface area contributed by atoms with Crippen LogP contribution in [0.4, 0.5) is 0 Å². The molecule has 0 saturated heterocycles. The molecule has 0 fully saturated rings. The minimum atomic E-state index is -0.0876. The lowest BCUT2D eigenvalue weighted by Gasteiger charge is -2.20. The van der Waals surface area contributed by atoms with Crippen molar-refractivity contribution in [1.29, 1.82) is 0 Å². The second-order valence-electron chi connectivity index (χ2n) is 5.71. The summed E-state index contributed by atoms with van der Waals surface area (Å²) >= 11 is 6.83. The Hall–Kier alpha value is -1.00. The van der Waals surface area contributed by atoms with E-state index in [0.29, 0.717) is 22.2 Å². The summed E-state index contributed by atoms with van der Waals surface area (Å²) < 4.78 is 0. The Morgan fingerprint density at radius 2 is 1.18 bits per heavy atom. The van der Waals surface area contributed by atoms with Crippen LogP contribution in [0.25, 0.3) is 0 Å². The third-order valence-electron chi connectivity index (χ3n) is 3.95. The van der Waals surface area contributed by atoms with E-state index in [1.807, 2.05) is 45.0 Å². The van der Waals surface area contributed by atoms with Gasteiger partial charge in [0, 0.05) is 38.8 Å². The summed E-state index contributed by atoms with van der Waals surface area (Å²) in [5, 5.41) is 22.2. The van der Waals surface area contributed by atoms with E-state index in [-0.39, 0.29) is 5.92 Å². The third-order valence-corrected chi connectivity index (χ3v) is 5.15. The van der Waals surface area contributed by atoms with Gasteiger partial charge in [0.2, 0.25) is 0 Å². The van der Waals surface area contributed by atoms with E-state index in [1.54, 1.807) is 0 Å². The minimum absolute atomic E-state index is 0.0876. The number of hydrogen-bond acceptors (Lipinski definition) is 2. The first-order valence-electron chi connectivity index (χ1n) is 7.15. The van der Waals surface area contributed by atoms with Crippen LogP contribution in [-0.2, 0) is 10.7 Å². The zero-order valence-corrected chi connectivity index (χ0v) is 16.1. The number of alkyl halides is 2. The Bertz CT molecular complexity index is 636. The molecule has 0 heterocycles. The van der Waals surface area contributed by atoms with Crippen LogP contribution < -0.4 is 0 Å². The van der Waals surface area contributed by atoms with Gasteiger partial charge in [0.25, 0.3) is 0 Å². The van der Waals surface area contributed by atoms with Crippen LogP contribution in [0.1, 0.15) is 46.2 Å². The van der Waals surface area contributed by atoms with Crippen molar-refractivity contribution in [1.82, 2.24) is 0 Å². The fourth-order valence-electron chi connectivity index (χ4n) is 2.80. The van der Waals surface area contributed by atoms with Crippen LogP contribution in [0.2, 0.25) is 0 Å². The zero-order valence-electron chi connectivity index (χ0n) is 13.0. The SMILES string of the molecule is Cc1cc(CBr)c(O)c(C(C)c2cc(C)cc(CBr)c2O)c1. The van der Waals surface area contributed by atoms with Gasteiger partial charge < -0.3 is 10.2 Å². The molecule has 0 amide bonds. The number of aryl methyl sites for hydroxylation is 2. The van der Waals surface area contributed by atoms with Crippen molar-refractivity contribution >= 4 is 31.9 Å². The number of halogens is 2. The average Bonchev–Trinajstić information content (AvgIpc) is 2.50. The molecule has 0 atom stereocenters. The van der Waals surface area contributed by atoms with E-state index in [4.69, 9.17) is 0 Å². The summed E-state index contributed by atoms with van der Waals surface area (Å²) in [5.41, 5.74) is 5.63. The van der Waals surface area contributed by atoms with E-state index in [9.17, 15) is 10.2 Å². The van der Waals surface area contributed by atoms with Gasteiger partial charge in [-0.3, -0.25) is 0 Å². The molecule has 0 aliphatic rings. The topological polar surface area (TPSA) is 40.5 Å². The van der Waals surface area contributed by atoms with Crippen LogP contribution in [0.5, 0.6) is 11.5 Å². The third kappa shape index (κ3) is 3.33. The molecule has 2 nitrogen and oxygen atoms in total. The van der Waals surface area contributed by atoms with E-state index < -0.39 is 0 Å². The van der Waals surface area contributed by atoms with Gasteiger partial charge in [-0.05, 0) is 13.8 Å². The maximum Gasteiger partial charge on any atom is 0.123 e. The molecule has 0 aliphatic carbocycles. The van der Waals surface area contributed by atoms with Crippen LogP contribution in [-0.4, -0.2) is 10.2 Å². The lowest BCUT2D eigenvalue weighted by atomic mass is 9.87. The van der Waals surface area contributed by atoms with Crippen molar-refractivity contribution in [2.24, 2.45) is 0 Å². The first-order chi connectivity index (χ1) is 10.4. The Balaban J connectivity index is 2.60. The number of benzene rings is 2. The average molecular weight is 428 g/mol. The summed E-state index contributed by atoms with van der Waals surface area (Å²) in [5.74, 6) is 0.517. The van der Waals surface area contributed by atoms with E-state index >= 15 is 0 Å². The molecule has 2 rings (SSSR count). The van der Waals surface area contributed by atoms with E-state index in [2.05, 4.69) is 31.9 Å². The first-order valence-corrected chi connectivity index (χ1v) is 9.40. The predicted octanol–water partition coefficient (Wildman–Crippen LogP) is 5.66. The maximum atomic E-state index is 10.5. The molecule has 0 aliphatic heterocycles. The second kappa shape index (κ2) is 7.05. The molecular weight excluding hydrogens is 408 g/mol. The van der Waals surface area contributed by atoms with Gasteiger partial charge in [-0.15, -0.1) is 0 Å². The van der Waals surface area contributed by atoms with Crippen LogP contribution >= 0.6 is 31.9 Å². The highest BCUT2D eigenvalue weighted by Crippen LogP contribution is 2.40. The predicted molar refractivity (Wildman–Crippen MR) is 98.5 cm³/mol. The minimum Gasteiger partial charge on any atom is -0.507 e. The molecule has 2 aromatic rings. The Morgan fingerprint density at radius 1 is 0.818 bits per heavy atom. The second-order valence-corrected chi connectivity index (χ2v) is 6.83. The first kappa shape index (κ1) is 17.4. The summed E-state index contributed by atoms with van der Waals surface area (Å²) in [6, 6.07) is 7.92. The number of phenolic OH excluding ortho intramolecular Hbond substituents is 2. The molecule has 0 bridgehead atoms. The maximum absolute atomic E-state index is 10.5.